The predicted octanol–water partition coefficient (Wildman–Crippen LogP) is 6.83. The van der Waals surface area contributed by atoms with Crippen LogP contribution in [0.15, 0.2) is 41.2 Å². The minimum atomic E-state index is -3.03. The molecular weight excluding hydrogens is 491 g/mol. The number of carboxylic acid groups (broad SMARTS) is 1. The van der Waals surface area contributed by atoms with Gasteiger partial charge in [0.05, 0.1) is 11.7 Å². The van der Waals surface area contributed by atoms with Crippen LogP contribution in [0.25, 0.3) is 10.4 Å². The van der Waals surface area contributed by atoms with Gasteiger partial charge in [-0.1, -0.05) is 19.1 Å². The first-order chi connectivity index (χ1) is 16.3. The Balaban J connectivity index is 1.54. The second-order valence-electron chi connectivity index (χ2n) is 8.66. The van der Waals surface area contributed by atoms with Crippen LogP contribution >= 0.6 is 30.0 Å². The topological polar surface area (TPSA) is 106 Å². The zero-order valence-electron chi connectivity index (χ0n) is 19.0. The van der Waals surface area contributed by atoms with Gasteiger partial charge in [0.25, 0.3) is 5.91 Å². The SMILES string of the molecule is COP(=O)(Cc1cc(-c2ccc(NC(=O)c3cscn3)cc2)sc1C(=O)O)C1CCC(C)CC1. The van der Waals surface area contributed by atoms with Crippen molar-refractivity contribution in [2.24, 2.45) is 5.92 Å². The van der Waals surface area contributed by atoms with Crippen LogP contribution in [0.3, 0.4) is 0 Å². The van der Waals surface area contributed by atoms with Crippen molar-refractivity contribution in [3.63, 3.8) is 0 Å². The van der Waals surface area contributed by atoms with Crippen LogP contribution in [0.1, 0.15) is 58.3 Å². The summed E-state index contributed by atoms with van der Waals surface area (Å²) in [5.41, 5.74) is 3.93. The molecule has 1 aliphatic carbocycles. The van der Waals surface area contributed by atoms with E-state index in [-0.39, 0.29) is 22.6 Å². The fourth-order valence-electron chi connectivity index (χ4n) is 4.32. The molecule has 2 aromatic heterocycles. The number of hydrogen-bond acceptors (Lipinski definition) is 7. The van der Waals surface area contributed by atoms with Gasteiger partial charge < -0.3 is 14.9 Å². The van der Waals surface area contributed by atoms with Gasteiger partial charge in [-0.25, -0.2) is 9.78 Å². The molecule has 0 bridgehead atoms. The monoisotopic (exact) mass is 518 g/mol. The van der Waals surface area contributed by atoms with Crippen molar-refractivity contribution < 1.29 is 23.8 Å². The summed E-state index contributed by atoms with van der Waals surface area (Å²) in [7, 11) is -1.55. The molecule has 4 rings (SSSR count). The van der Waals surface area contributed by atoms with Gasteiger partial charge in [0.1, 0.15) is 10.6 Å². The van der Waals surface area contributed by atoms with E-state index < -0.39 is 13.3 Å². The molecular formula is C24H27N2O5PS2. The highest BCUT2D eigenvalue weighted by molar-refractivity contribution is 7.59. The Morgan fingerprint density at radius 3 is 2.50 bits per heavy atom. The summed E-state index contributed by atoms with van der Waals surface area (Å²) in [5.74, 6) is -0.690. The van der Waals surface area contributed by atoms with Gasteiger partial charge >= 0.3 is 5.97 Å². The second kappa shape index (κ2) is 10.5. The number of nitrogens with one attached hydrogen (secondary N) is 1. The molecule has 2 N–H and O–H groups in total. The molecule has 0 spiro atoms. The fourth-order valence-corrected chi connectivity index (χ4v) is 8.48. The number of anilines is 1. The third-order valence-corrected chi connectivity index (χ3v) is 11.2. The second-order valence-corrected chi connectivity index (χ2v) is 13.3. The lowest BCUT2D eigenvalue weighted by Gasteiger charge is -2.31. The molecule has 1 aromatic carbocycles. The van der Waals surface area contributed by atoms with E-state index in [0.717, 1.165) is 47.5 Å². The van der Waals surface area contributed by atoms with Gasteiger partial charge in [0.15, 0.2) is 0 Å². The first-order valence-electron chi connectivity index (χ1n) is 11.1. The first kappa shape index (κ1) is 24.8. The number of thiophene rings is 1. The van der Waals surface area contributed by atoms with Crippen LogP contribution in [-0.2, 0) is 15.3 Å². The smallest absolute Gasteiger partial charge is 0.346 e. The van der Waals surface area contributed by atoms with Crippen molar-refractivity contribution >= 4 is 47.6 Å². The van der Waals surface area contributed by atoms with E-state index in [1.165, 1.54) is 18.4 Å². The third-order valence-electron chi connectivity index (χ3n) is 6.34. The summed E-state index contributed by atoms with van der Waals surface area (Å²) in [4.78, 5) is 29.1. The molecule has 0 saturated heterocycles. The zero-order valence-corrected chi connectivity index (χ0v) is 21.6. The first-order valence-corrected chi connectivity index (χ1v) is 14.7. The molecule has 2 heterocycles. The summed E-state index contributed by atoms with van der Waals surface area (Å²) in [6.45, 7) is 2.21. The number of carbonyl (C=O) groups excluding carboxylic acids is 1. The number of carbonyl (C=O) groups is 2. The summed E-state index contributed by atoms with van der Waals surface area (Å²) in [6.07, 6.45) is 3.86. The Kier molecular flexibility index (Phi) is 7.67. The number of rotatable bonds is 8. The number of amides is 1. The van der Waals surface area contributed by atoms with E-state index in [1.807, 2.05) is 18.2 Å². The van der Waals surface area contributed by atoms with Crippen LogP contribution < -0.4 is 5.32 Å². The average Bonchev–Trinajstić information content (AvgIpc) is 3.50. The Morgan fingerprint density at radius 1 is 1.21 bits per heavy atom. The van der Waals surface area contributed by atoms with Gasteiger partial charge in [-0.15, -0.1) is 22.7 Å². The van der Waals surface area contributed by atoms with Crippen LogP contribution in [-0.4, -0.2) is 34.7 Å². The van der Waals surface area contributed by atoms with E-state index in [0.29, 0.717) is 22.9 Å². The molecule has 180 valence electrons. The number of nitrogens with zero attached hydrogens (tertiary/aromatic N) is 1. The number of hydrogen-bond donors (Lipinski definition) is 2. The number of thiazole rings is 1. The minimum absolute atomic E-state index is 0.0284. The summed E-state index contributed by atoms with van der Waals surface area (Å²) in [6, 6.07) is 9.01. The molecule has 1 aliphatic rings. The molecule has 34 heavy (non-hydrogen) atoms. The maximum Gasteiger partial charge on any atom is 0.346 e. The molecule has 10 heteroatoms. The number of aromatic nitrogens is 1. The number of carboxylic acids is 1. The largest absolute Gasteiger partial charge is 0.477 e. The Morgan fingerprint density at radius 2 is 1.91 bits per heavy atom. The van der Waals surface area contributed by atoms with Crippen LogP contribution in [0.5, 0.6) is 0 Å². The number of aromatic carboxylic acids is 1. The van der Waals surface area contributed by atoms with Crippen LogP contribution in [0.2, 0.25) is 0 Å². The van der Waals surface area contributed by atoms with Crippen molar-refractivity contribution in [1.82, 2.24) is 4.98 Å². The van der Waals surface area contributed by atoms with Gasteiger partial charge in [0, 0.05) is 28.7 Å². The minimum Gasteiger partial charge on any atom is -0.477 e. The molecule has 3 aromatic rings. The van der Waals surface area contributed by atoms with Crippen molar-refractivity contribution in [3.05, 3.63) is 57.4 Å². The lowest BCUT2D eigenvalue weighted by atomic mass is 9.91. The van der Waals surface area contributed by atoms with E-state index in [1.54, 1.807) is 23.0 Å². The van der Waals surface area contributed by atoms with Crippen molar-refractivity contribution in [1.29, 1.82) is 0 Å². The summed E-state index contributed by atoms with van der Waals surface area (Å²) >= 11 is 2.52. The summed E-state index contributed by atoms with van der Waals surface area (Å²) in [5, 5.41) is 14.3. The molecule has 1 saturated carbocycles. The average molecular weight is 519 g/mol. The van der Waals surface area contributed by atoms with E-state index >= 15 is 0 Å². The quantitative estimate of drug-likeness (QED) is 0.317. The van der Waals surface area contributed by atoms with Crippen molar-refractivity contribution in [3.8, 4) is 10.4 Å². The van der Waals surface area contributed by atoms with Crippen LogP contribution in [0, 0.1) is 5.92 Å². The Hall–Kier alpha value is -2.32. The highest BCUT2D eigenvalue weighted by Crippen LogP contribution is 2.59. The fraction of sp³-hybridized carbons (Fsp3) is 0.375. The highest BCUT2D eigenvalue weighted by atomic mass is 32.1. The van der Waals surface area contributed by atoms with Gasteiger partial charge in [-0.2, -0.15) is 0 Å². The van der Waals surface area contributed by atoms with Gasteiger partial charge in [-0.3, -0.25) is 9.36 Å². The molecule has 7 nitrogen and oxygen atoms in total. The number of benzene rings is 1. The van der Waals surface area contributed by atoms with Crippen LogP contribution in [0.4, 0.5) is 5.69 Å². The molecule has 1 amide bonds. The van der Waals surface area contributed by atoms with E-state index in [2.05, 4.69) is 17.2 Å². The lowest BCUT2D eigenvalue weighted by molar-refractivity contribution is 0.0701. The molecule has 1 unspecified atom stereocenters. The Labute approximate surface area is 206 Å². The maximum atomic E-state index is 13.7. The normalized spacial score (nSPS) is 19.9. The standard InChI is InChI=1S/C24H27N2O5PS2/c1-15-3-9-19(10-4-15)32(30,31-2)12-17-11-21(34-22(17)24(28)29)16-5-7-18(8-6-16)26-23(27)20-13-33-14-25-20/h5-8,11,13-15,19H,3-4,9-10,12H2,1-2H3,(H,26,27)(H,28,29). The molecule has 1 fully saturated rings. The Bertz CT molecular complexity index is 1200. The molecule has 0 radical (unpaired) electrons. The molecule has 0 aliphatic heterocycles. The van der Waals surface area contributed by atoms with Crippen molar-refractivity contribution in [2.45, 2.75) is 44.4 Å². The maximum absolute atomic E-state index is 13.7. The lowest BCUT2D eigenvalue weighted by Crippen LogP contribution is -2.19. The molecule has 1 atom stereocenters. The van der Waals surface area contributed by atoms with E-state index in [9.17, 15) is 19.3 Å². The van der Waals surface area contributed by atoms with Gasteiger partial charge in [0.2, 0.25) is 7.37 Å². The zero-order chi connectivity index (χ0) is 24.3. The third kappa shape index (κ3) is 5.49. The highest BCUT2D eigenvalue weighted by Gasteiger charge is 2.37. The van der Waals surface area contributed by atoms with Gasteiger partial charge in [-0.05, 0) is 60.9 Å². The summed E-state index contributed by atoms with van der Waals surface area (Å²) < 4.78 is 19.3. The van der Waals surface area contributed by atoms with E-state index in [4.69, 9.17) is 4.52 Å². The predicted molar refractivity (Wildman–Crippen MR) is 137 cm³/mol. The van der Waals surface area contributed by atoms with Crippen molar-refractivity contribution in [2.75, 3.05) is 12.4 Å².